The minimum Gasteiger partial charge on any atom is -0.354 e. The largest absolute Gasteiger partial charge is 0.354 e. The molecule has 0 aliphatic carbocycles. The second-order valence-corrected chi connectivity index (χ2v) is 7.21. The van der Waals surface area contributed by atoms with Crippen LogP contribution in [0.1, 0.15) is 37.8 Å². The van der Waals surface area contributed by atoms with Gasteiger partial charge >= 0.3 is 0 Å². The predicted octanol–water partition coefficient (Wildman–Crippen LogP) is 4.36. The molecule has 28 heavy (non-hydrogen) atoms. The van der Waals surface area contributed by atoms with Gasteiger partial charge in [-0.3, -0.25) is 9.59 Å². The van der Waals surface area contributed by atoms with Crippen molar-refractivity contribution in [3.8, 4) is 0 Å². The zero-order valence-corrected chi connectivity index (χ0v) is 17.0. The van der Waals surface area contributed by atoms with Gasteiger partial charge in [0.25, 0.3) is 0 Å². The molecule has 2 aromatic carbocycles. The van der Waals surface area contributed by atoms with E-state index in [1.165, 1.54) is 12.1 Å². The molecule has 0 aliphatic heterocycles. The molecular formula is C22H26ClFN2O2. The fourth-order valence-corrected chi connectivity index (χ4v) is 2.91. The van der Waals surface area contributed by atoms with Gasteiger partial charge in [-0.25, -0.2) is 4.39 Å². The Morgan fingerprint density at radius 1 is 1.07 bits per heavy atom. The van der Waals surface area contributed by atoms with Gasteiger partial charge < -0.3 is 10.2 Å². The number of unbranched alkanes of at least 4 members (excludes halogenated alkanes) is 1. The minimum atomic E-state index is -0.625. The van der Waals surface area contributed by atoms with Crippen LogP contribution < -0.4 is 5.32 Å². The highest BCUT2D eigenvalue weighted by molar-refractivity contribution is 6.30. The number of rotatable bonds is 9. The van der Waals surface area contributed by atoms with Crippen molar-refractivity contribution in [2.45, 2.75) is 45.7 Å². The van der Waals surface area contributed by atoms with E-state index >= 15 is 0 Å². The lowest BCUT2D eigenvalue weighted by molar-refractivity contribution is -0.140. The third-order valence-electron chi connectivity index (χ3n) is 4.53. The van der Waals surface area contributed by atoms with E-state index in [2.05, 4.69) is 12.2 Å². The van der Waals surface area contributed by atoms with Crippen LogP contribution in [0, 0.1) is 5.82 Å². The highest BCUT2D eigenvalue weighted by Gasteiger charge is 2.26. The van der Waals surface area contributed by atoms with E-state index in [-0.39, 0.29) is 24.1 Å². The zero-order chi connectivity index (χ0) is 20.5. The molecule has 6 heteroatoms. The molecule has 2 aromatic rings. The minimum absolute atomic E-state index is 0.0977. The fraction of sp³-hybridized carbons (Fsp3) is 0.364. The van der Waals surface area contributed by atoms with E-state index in [0.717, 1.165) is 18.4 Å². The molecule has 150 valence electrons. The Morgan fingerprint density at radius 2 is 1.68 bits per heavy atom. The predicted molar refractivity (Wildman–Crippen MR) is 109 cm³/mol. The van der Waals surface area contributed by atoms with Crippen LogP contribution >= 0.6 is 11.6 Å². The Bertz CT molecular complexity index is 778. The molecule has 0 aliphatic rings. The van der Waals surface area contributed by atoms with Crippen LogP contribution in [0.2, 0.25) is 5.02 Å². The Kier molecular flexibility index (Phi) is 8.45. The summed E-state index contributed by atoms with van der Waals surface area (Å²) in [7, 11) is 0. The number of hydrogen-bond acceptors (Lipinski definition) is 2. The molecule has 0 saturated heterocycles. The highest BCUT2D eigenvalue weighted by Crippen LogP contribution is 2.15. The first kappa shape index (κ1) is 21.9. The molecule has 2 rings (SSSR count). The number of amides is 2. The summed E-state index contributed by atoms with van der Waals surface area (Å²) in [6.07, 6.45) is 1.96. The number of carbonyl (C=O) groups is 2. The molecule has 1 N–H and O–H groups in total. The van der Waals surface area contributed by atoms with E-state index in [4.69, 9.17) is 11.6 Å². The third kappa shape index (κ3) is 6.64. The zero-order valence-electron chi connectivity index (χ0n) is 16.3. The van der Waals surface area contributed by atoms with Crippen molar-refractivity contribution in [2.75, 3.05) is 6.54 Å². The van der Waals surface area contributed by atoms with E-state index in [1.807, 2.05) is 12.1 Å². The Hall–Kier alpha value is -2.40. The van der Waals surface area contributed by atoms with E-state index < -0.39 is 6.04 Å². The van der Waals surface area contributed by atoms with Crippen LogP contribution in [0.25, 0.3) is 0 Å². The smallest absolute Gasteiger partial charge is 0.242 e. The van der Waals surface area contributed by atoms with Gasteiger partial charge in [0, 0.05) is 18.1 Å². The first-order chi connectivity index (χ1) is 13.4. The van der Waals surface area contributed by atoms with Crippen LogP contribution in [-0.2, 0) is 22.6 Å². The first-order valence-corrected chi connectivity index (χ1v) is 9.84. The maximum atomic E-state index is 13.1. The van der Waals surface area contributed by atoms with Crippen molar-refractivity contribution < 1.29 is 14.0 Å². The molecule has 0 unspecified atom stereocenters. The fourth-order valence-electron chi connectivity index (χ4n) is 2.78. The normalized spacial score (nSPS) is 11.7. The van der Waals surface area contributed by atoms with Gasteiger partial charge in [0.05, 0.1) is 6.42 Å². The molecule has 0 bridgehead atoms. The Labute approximate surface area is 170 Å². The summed E-state index contributed by atoms with van der Waals surface area (Å²) in [4.78, 5) is 27.0. The van der Waals surface area contributed by atoms with Crippen molar-refractivity contribution in [3.05, 3.63) is 70.5 Å². The van der Waals surface area contributed by atoms with Crippen molar-refractivity contribution in [1.29, 1.82) is 0 Å². The van der Waals surface area contributed by atoms with Gasteiger partial charge in [-0.2, -0.15) is 0 Å². The van der Waals surface area contributed by atoms with Crippen molar-refractivity contribution in [2.24, 2.45) is 0 Å². The number of nitrogens with one attached hydrogen (secondary N) is 1. The van der Waals surface area contributed by atoms with Gasteiger partial charge in [-0.1, -0.05) is 49.2 Å². The third-order valence-corrected chi connectivity index (χ3v) is 4.78. The molecule has 2 amide bonds. The summed E-state index contributed by atoms with van der Waals surface area (Å²) in [5, 5.41) is 3.49. The quantitative estimate of drug-likeness (QED) is 0.631. The average molecular weight is 405 g/mol. The number of benzene rings is 2. The lowest BCUT2D eigenvalue weighted by atomic mass is 10.1. The average Bonchev–Trinajstić information content (AvgIpc) is 2.68. The molecule has 0 radical (unpaired) electrons. The molecule has 0 spiro atoms. The number of halogens is 2. The van der Waals surface area contributed by atoms with E-state index in [9.17, 15) is 14.0 Å². The summed E-state index contributed by atoms with van der Waals surface area (Å²) in [6.45, 7) is 4.65. The standard InChI is InChI=1S/C22H26ClFN2O2/c1-3-4-13-25-22(28)16(2)26(15-18-5-9-19(23)10-6-18)21(27)14-17-7-11-20(24)12-8-17/h5-12,16H,3-4,13-15H2,1-2H3,(H,25,28)/t16-/m0/s1. The van der Waals surface area contributed by atoms with E-state index in [1.54, 1.807) is 36.1 Å². The molecule has 4 nitrogen and oxygen atoms in total. The number of hydrogen-bond donors (Lipinski definition) is 1. The van der Waals surface area contributed by atoms with Gasteiger partial charge in [0.2, 0.25) is 11.8 Å². The van der Waals surface area contributed by atoms with Crippen LogP contribution in [-0.4, -0.2) is 29.3 Å². The van der Waals surface area contributed by atoms with Crippen molar-refractivity contribution in [1.82, 2.24) is 10.2 Å². The summed E-state index contributed by atoms with van der Waals surface area (Å²) in [5.74, 6) is -0.729. The Balaban J connectivity index is 2.15. The lowest BCUT2D eigenvalue weighted by Gasteiger charge is -2.29. The van der Waals surface area contributed by atoms with Gasteiger partial charge in [0.15, 0.2) is 0 Å². The Morgan fingerprint density at radius 3 is 2.29 bits per heavy atom. The van der Waals surface area contributed by atoms with Crippen LogP contribution in [0.15, 0.2) is 48.5 Å². The van der Waals surface area contributed by atoms with Crippen molar-refractivity contribution in [3.63, 3.8) is 0 Å². The van der Waals surface area contributed by atoms with Crippen molar-refractivity contribution >= 4 is 23.4 Å². The molecular weight excluding hydrogens is 379 g/mol. The van der Waals surface area contributed by atoms with Crippen LogP contribution in [0.4, 0.5) is 4.39 Å². The summed E-state index contributed by atoms with van der Waals surface area (Å²) < 4.78 is 13.1. The monoisotopic (exact) mass is 404 g/mol. The number of nitrogens with zero attached hydrogens (tertiary/aromatic N) is 1. The molecule has 0 fully saturated rings. The first-order valence-electron chi connectivity index (χ1n) is 9.46. The van der Waals surface area contributed by atoms with Gasteiger partial charge in [-0.05, 0) is 48.7 Å². The SMILES string of the molecule is CCCCNC(=O)[C@H](C)N(Cc1ccc(Cl)cc1)C(=O)Cc1ccc(F)cc1. The topological polar surface area (TPSA) is 49.4 Å². The highest BCUT2D eigenvalue weighted by atomic mass is 35.5. The summed E-state index contributed by atoms with van der Waals surface area (Å²) >= 11 is 5.94. The summed E-state index contributed by atoms with van der Waals surface area (Å²) in [5.41, 5.74) is 1.58. The molecule has 1 atom stereocenters. The van der Waals surface area contributed by atoms with E-state index in [0.29, 0.717) is 23.7 Å². The molecule has 0 heterocycles. The molecule has 0 aromatic heterocycles. The number of carbonyl (C=O) groups excluding carboxylic acids is 2. The maximum absolute atomic E-state index is 13.1. The van der Waals surface area contributed by atoms with Gasteiger partial charge in [-0.15, -0.1) is 0 Å². The maximum Gasteiger partial charge on any atom is 0.242 e. The molecule has 0 saturated carbocycles. The van der Waals surface area contributed by atoms with Crippen LogP contribution in [0.3, 0.4) is 0 Å². The second-order valence-electron chi connectivity index (χ2n) is 6.77. The van der Waals surface area contributed by atoms with Crippen LogP contribution in [0.5, 0.6) is 0 Å². The van der Waals surface area contributed by atoms with Gasteiger partial charge in [0.1, 0.15) is 11.9 Å². The lowest BCUT2D eigenvalue weighted by Crippen LogP contribution is -2.48. The second kappa shape index (κ2) is 10.8. The summed E-state index contributed by atoms with van der Waals surface area (Å²) in [6, 6.07) is 12.4.